The van der Waals surface area contributed by atoms with Crippen LogP contribution in [0.25, 0.3) is 17.2 Å². The van der Waals surface area contributed by atoms with Gasteiger partial charge < -0.3 is 10.1 Å². The molecule has 1 aromatic heterocycles. The molecule has 0 saturated heterocycles. The smallest absolute Gasteiger partial charge is 0.267 e. The minimum Gasteiger partial charge on any atom is -0.492 e. The Morgan fingerprint density at radius 3 is 2.32 bits per heavy atom. The van der Waals surface area contributed by atoms with E-state index in [2.05, 4.69) is 34.3 Å². The van der Waals surface area contributed by atoms with Gasteiger partial charge in [-0.1, -0.05) is 86.1 Å². The molecule has 44 heavy (non-hydrogen) atoms. The molecule has 0 unspecified atom stereocenters. The fourth-order valence-corrected chi connectivity index (χ4v) is 4.61. The molecule has 4 aromatic rings. The van der Waals surface area contributed by atoms with Crippen molar-refractivity contribution < 1.29 is 19.5 Å². The Kier molecular flexibility index (Phi) is 12.7. The van der Waals surface area contributed by atoms with Crippen LogP contribution >= 0.6 is 0 Å². The molecule has 0 aliphatic heterocycles. The number of benzene rings is 3. The van der Waals surface area contributed by atoms with Gasteiger partial charge in [0.25, 0.3) is 5.91 Å². The predicted molar refractivity (Wildman–Crippen MR) is 173 cm³/mol. The van der Waals surface area contributed by atoms with Gasteiger partial charge in [-0.25, -0.2) is 5.48 Å². The molecule has 8 heteroatoms. The Labute approximate surface area is 259 Å². The van der Waals surface area contributed by atoms with Crippen LogP contribution in [0, 0.1) is 0 Å². The Morgan fingerprint density at radius 2 is 1.64 bits per heavy atom. The van der Waals surface area contributed by atoms with Gasteiger partial charge in [-0.15, -0.1) is 0 Å². The third-order valence-electron chi connectivity index (χ3n) is 7.11. The summed E-state index contributed by atoms with van der Waals surface area (Å²) in [7, 11) is 0. The number of pyridine rings is 1. The Balaban J connectivity index is 1.23. The number of hydroxylamine groups is 1. The number of hydrogen-bond acceptors (Lipinski definition) is 6. The average molecular weight is 593 g/mol. The lowest BCUT2D eigenvalue weighted by Crippen LogP contribution is -2.29. The van der Waals surface area contributed by atoms with Crippen LogP contribution in [-0.2, 0) is 29.1 Å². The van der Waals surface area contributed by atoms with E-state index < -0.39 is 5.91 Å². The number of aromatic nitrogens is 1. The topological polar surface area (TPSA) is 104 Å². The first-order valence-electron chi connectivity index (χ1n) is 14.9. The number of unbranched alkanes of at least 4 members (excludes halogenated alkanes) is 1. The molecular formula is C36H40N4O4. The molecule has 228 valence electrons. The zero-order valence-corrected chi connectivity index (χ0v) is 25.1. The molecule has 3 aromatic carbocycles. The van der Waals surface area contributed by atoms with Gasteiger partial charge in [0.1, 0.15) is 12.4 Å². The molecule has 0 radical (unpaired) electrons. The number of ether oxygens (including phenoxy) is 1. The highest BCUT2D eigenvalue weighted by atomic mass is 16.5. The fourth-order valence-electron chi connectivity index (χ4n) is 4.61. The summed E-state index contributed by atoms with van der Waals surface area (Å²) in [6.07, 6.45) is 7.21. The summed E-state index contributed by atoms with van der Waals surface area (Å²) in [5.41, 5.74) is 7.47. The van der Waals surface area contributed by atoms with E-state index in [1.54, 1.807) is 17.8 Å². The van der Waals surface area contributed by atoms with Gasteiger partial charge in [-0.2, -0.15) is 0 Å². The van der Waals surface area contributed by atoms with Crippen LogP contribution in [0.2, 0.25) is 0 Å². The van der Waals surface area contributed by atoms with E-state index in [0.29, 0.717) is 13.2 Å². The highest BCUT2D eigenvalue weighted by Gasteiger charge is 2.08. The van der Waals surface area contributed by atoms with Crippen molar-refractivity contribution in [3.63, 3.8) is 0 Å². The third kappa shape index (κ3) is 10.8. The molecule has 0 spiro atoms. The SMILES string of the molecule is CCCCN(CCOc1ccc(-c2ccc(CC(=O)NCc3ccccc3)nc2)cc1)Cc1ccc(/C=C/C(=O)NO)cc1. The van der Waals surface area contributed by atoms with E-state index in [-0.39, 0.29) is 12.3 Å². The second-order valence-corrected chi connectivity index (χ2v) is 10.5. The largest absolute Gasteiger partial charge is 0.492 e. The second kappa shape index (κ2) is 17.4. The van der Waals surface area contributed by atoms with Gasteiger partial charge in [0, 0.05) is 43.2 Å². The Morgan fingerprint density at radius 1 is 0.886 bits per heavy atom. The quantitative estimate of drug-likeness (QED) is 0.0863. The zero-order valence-electron chi connectivity index (χ0n) is 25.1. The second-order valence-electron chi connectivity index (χ2n) is 10.5. The van der Waals surface area contributed by atoms with Crippen molar-refractivity contribution >= 4 is 17.9 Å². The molecule has 0 aliphatic rings. The lowest BCUT2D eigenvalue weighted by molar-refractivity contribution is -0.124. The maximum atomic E-state index is 12.3. The molecule has 0 atom stereocenters. The molecule has 3 N–H and O–H groups in total. The minimum absolute atomic E-state index is 0.0544. The van der Waals surface area contributed by atoms with Crippen molar-refractivity contribution in [1.29, 1.82) is 0 Å². The van der Waals surface area contributed by atoms with Crippen molar-refractivity contribution in [1.82, 2.24) is 20.7 Å². The molecule has 0 aliphatic carbocycles. The van der Waals surface area contributed by atoms with E-state index in [0.717, 1.165) is 66.2 Å². The molecule has 4 rings (SSSR count). The highest BCUT2D eigenvalue weighted by Crippen LogP contribution is 2.22. The normalized spacial score (nSPS) is 11.1. The monoisotopic (exact) mass is 592 g/mol. The summed E-state index contributed by atoms with van der Waals surface area (Å²) in [5, 5.41) is 11.6. The maximum absolute atomic E-state index is 12.3. The first-order valence-corrected chi connectivity index (χ1v) is 14.9. The Hall–Kier alpha value is -4.79. The summed E-state index contributed by atoms with van der Waals surface area (Å²) in [5.74, 6) is 0.200. The van der Waals surface area contributed by atoms with Gasteiger partial charge in [-0.05, 0) is 59.5 Å². The van der Waals surface area contributed by atoms with Crippen LogP contribution in [0.3, 0.4) is 0 Å². The molecule has 0 fully saturated rings. The highest BCUT2D eigenvalue weighted by molar-refractivity contribution is 5.90. The summed E-state index contributed by atoms with van der Waals surface area (Å²) >= 11 is 0. The van der Waals surface area contributed by atoms with Crippen LogP contribution in [0.1, 0.15) is 42.1 Å². The lowest BCUT2D eigenvalue weighted by Gasteiger charge is -2.22. The van der Waals surface area contributed by atoms with E-state index in [9.17, 15) is 9.59 Å². The predicted octanol–water partition coefficient (Wildman–Crippen LogP) is 5.81. The van der Waals surface area contributed by atoms with Gasteiger partial charge in [-0.3, -0.25) is 24.7 Å². The van der Waals surface area contributed by atoms with E-state index in [1.165, 1.54) is 11.6 Å². The molecule has 2 amide bonds. The maximum Gasteiger partial charge on any atom is 0.267 e. The fraction of sp³-hybridized carbons (Fsp3) is 0.250. The number of nitrogens with one attached hydrogen (secondary N) is 2. The van der Waals surface area contributed by atoms with Crippen molar-refractivity contribution in [3.05, 3.63) is 126 Å². The van der Waals surface area contributed by atoms with Crippen molar-refractivity contribution in [3.8, 4) is 16.9 Å². The van der Waals surface area contributed by atoms with Crippen molar-refractivity contribution in [2.24, 2.45) is 0 Å². The summed E-state index contributed by atoms with van der Waals surface area (Å²) in [6.45, 7) is 5.85. The Bertz CT molecular complexity index is 1470. The number of rotatable bonds is 16. The minimum atomic E-state index is -0.557. The molecule has 1 heterocycles. The number of nitrogens with zero attached hydrogens (tertiary/aromatic N) is 2. The first kappa shape index (κ1) is 32.1. The summed E-state index contributed by atoms with van der Waals surface area (Å²) < 4.78 is 6.08. The molecule has 0 bridgehead atoms. The number of carbonyl (C=O) groups excluding carboxylic acids is 2. The van der Waals surface area contributed by atoms with E-state index in [4.69, 9.17) is 9.94 Å². The summed E-state index contributed by atoms with van der Waals surface area (Å²) in [4.78, 5) is 30.4. The van der Waals surface area contributed by atoms with Crippen LogP contribution in [-0.4, -0.2) is 46.6 Å². The number of hydrogen-bond donors (Lipinski definition) is 3. The van der Waals surface area contributed by atoms with Crippen molar-refractivity contribution in [2.75, 3.05) is 19.7 Å². The first-order chi connectivity index (χ1) is 21.5. The van der Waals surface area contributed by atoms with E-state index in [1.807, 2.05) is 78.9 Å². The van der Waals surface area contributed by atoms with Gasteiger partial charge in [0.2, 0.25) is 5.91 Å². The lowest BCUT2D eigenvalue weighted by atomic mass is 10.1. The molecule has 8 nitrogen and oxygen atoms in total. The molecule has 0 saturated carbocycles. The average Bonchev–Trinajstić information content (AvgIpc) is 3.07. The van der Waals surface area contributed by atoms with Crippen LogP contribution in [0.5, 0.6) is 5.75 Å². The van der Waals surface area contributed by atoms with Crippen LogP contribution in [0.15, 0.2) is 103 Å². The van der Waals surface area contributed by atoms with Gasteiger partial charge in [0.05, 0.1) is 6.42 Å². The van der Waals surface area contributed by atoms with Crippen LogP contribution < -0.4 is 15.5 Å². The molecular weight excluding hydrogens is 552 g/mol. The van der Waals surface area contributed by atoms with Gasteiger partial charge in [0.15, 0.2) is 0 Å². The summed E-state index contributed by atoms with van der Waals surface area (Å²) in [6, 6.07) is 29.7. The van der Waals surface area contributed by atoms with Crippen LogP contribution in [0.4, 0.5) is 0 Å². The zero-order chi connectivity index (χ0) is 31.0. The number of amides is 2. The third-order valence-corrected chi connectivity index (χ3v) is 7.11. The standard InChI is InChI=1S/C36H40N4O4/c1-2-3-21-40(27-30-11-9-28(10-12-30)13-20-35(41)39-43)22-23-44-34-18-15-31(16-19-34)32-14-17-33(37-26-32)24-36(42)38-25-29-7-5-4-6-8-29/h4-20,26,43H,2-3,21-25,27H2,1H3,(H,38,42)(H,39,41)/b20-13+. The van der Waals surface area contributed by atoms with Crippen molar-refractivity contribution in [2.45, 2.75) is 39.3 Å². The van der Waals surface area contributed by atoms with Gasteiger partial charge >= 0.3 is 0 Å². The number of carbonyl (C=O) groups is 2. The van der Waals surface area contributed by atoms with E-state index >= 15 is 0 Å².